The summed E-state index contributed by atoms with van der Waals surface area (Å²) in [6, 6.07) is 0. The third-order valence-electron chi connectivity index (χ3n) is 1.97. The molecule has 0 spiro atoms. The quantitative estimate of drug-likeness (QED) is 0.685. The van der Waals surface area contributed by atoms with Crippen molar-refractivity contribution in [2.45, 2.75) is 39.7 Å². The summed E-state index contributed by atoms with van der Waals surface area (Å²) in [7, 11) is 1.68. The van der Waals surface area contributed by atoms with E-state index in [1.54, 1.807) is 7.11 Å². The second-order valence-electron chi connectivity index (χ2n) is 3.55. The van der Waals surface area contributed by atoms with E-state index in [9.17, 15) is 4.79 Å². The number of hydrogen-bond acceptors (Lipinski definition) is 2. The zero-order valence-corrected chi connectivity index (χ0v) is 9.09. The molecule has 1 N–H and O–H groups in total. The van der Waals surface area contributed by atoms with Crippen molar-refractivity contribution in [3.05, 3.63) is 0 Å². The van der Waals surface area contributed by atoms with E-state index >= 15 is 0 Å². The molecule has 0 aliphatic rings. The van der Waals surface area contributed by atoms with E-state index in [0.29, 0.717) is 6.54 Å². The predicted molar refractivity (Wildman–Crippen MR) is 53.6 cm³/mol. The van der Waals surface area contributed by atoms with Gasteiger partial charge in [-0.25, -0.2) is 0 Å². The monoisotopic (exact) mass is 187 g/mol. The Kier molecular flexibility index (Phi) is 6.59. The standard InChI is InChI=1S/C10H21NO2/c1-5-6-9(13-4)7-11-10(12)8(2)3/h8-9H,5-7H2,1-4H3,(H,11,12)/t9-/m0/s1. The molecule has 1 atom stereocenters. The van der Waals surface area contributed by atoms with Gasteiger partial charge in [0.2, 0.25) is 5.91 Å². The van der Waals surface area contributed by atoms with Gasteiger partial charge in [-0.2, -0.15) is 0 Å². The van der Waals surface area contributed by atoms with Crippen LogP contribution in [0.1, 0.15) is 33.6 Å². The molecular formula is C10H21NO2. The Labute approximate surface area is 80.8 Å². The maximum Gasteiger partial charge on any atom is 0.222 e. The van der Waals surface area contributed by atoms with Crippen LogP contribution in [0.4, 0.5) is 0 Å². The molecule has 0 fully saturated rings. The summed E-state index contributed by atoms with van der Waals surface area (Å²) in [6.07, 6.45) is 2.23. The molecule has 78 valence electrons. The van der Waals surface area contributed by atoms with E-state index in [4.69, 9.17) is 4.74 Å². The van der Waals surface area contributed by atoms with Gasteiger partial charge in [0.1, 0.15) is 0 Å². The molecule has 0 unspecified atom stereocenters. The van der Waals surface area contributed by atoms with E-state index in [2.05, 4.69) is 12.2 Å². The molecule has 0 aromatic heterocycles. The van der Waals surface area contributed by atoms with E-state index in [-0.39, 0.29) is 17.9 Å². The molecule has 0 saturated carbocycles. The van der Waals surface area contributed by atoms with Crippen LogP contribution < -0.4 is 5.32 Å². The fourth-order valence-corrected chi connectivity index (χ4v) is 1.04. The number of ether oxygens (including phenoxy) is 1. The maximum atomic E-state index is 11.2. The van der Waals surface area contributed by atoms with Gasteiger partial charge in [-0.3, -0.25) is 4.79 Å². The topological polar surface area (TPSA) is 38.3 Å². The summed E-state index contributed by atoms with van der Waals surface area (Å²) in [5.41, 5.74) is 0. The molecule has 0 rings (SSSR count). The Hall–Kier alpha value is -0.570. The Morgan fingerprint density at radius 3 is 2.46 bits per heavy atom. The van der Waals surface area contributed by atoms with Crippen LogP contribution in [-0.2, 0) is 9.53 Å². The summed E-state index contributed by atoms with van der Waals surface area (Å²) in [4.78, 5) is 11.2. The van der Waals surface area contributed by atoms with Crippen LogP contribution >= 0.6 is 0 Å². The van der Waals surface area contributed by atoms with Crippen molar-refractivity contribution in [2.75, 3.05) is 13.7 Å². The third-order valence-corrected chi connectivity index (χ3v) is 1.97. The lowest BCUT2D eigenvalue weighted by molar-refractivity contribution is -0.124. The first-order valence-electron chi connectivity index (χ1n) is 4.92. The highest BCUT2D eigenvalue weighted by Crippen LogP contribution is 1.99. The maximum absolute atomic E-state index is 11.2. The van der Waals surface area contributed by atoms with Gasteiger partial charge < -0.3 is 10.1 Å². The number of nitrogens with one attached hydrogen (secondary N) is 1. The lowest BCUT2D eigenvalue weighted by Crippen LogP contribution is -2.35. The molecule has 1 amide bonds. The van der Waals surface area contributed by atoms with E-state index < -0.39 is 0 Å². The smallest absolute Gasteiger partial charge is 0.222 e. The highest BCUT2D eigenvalue weighted by atomic mass is 16.5. The van der Waals surface area contributed by atoms with Gasteiger partial charge in [0.15, 0.2) is 0 Å². The Balaban J connectivity index is 3.65. The summed E-state index contributed by atoms with van der Waals surface area (Å²) >= 11 is 0. The lowest BCUT2D eigenvalue weighted by Gasteiger charge is -2.15. The van der Waals surface area contributed by atoms with Crippen LogP contribution in [0, 0.1) is 5.92 Å². The molecule has 0 radical (unpaired) electrons. The van der Waals surface area contributed by atoms with Crippen molar-refractivity contribution in [3.8, 4) is 0 Å². The zero-order chi connectivity index (χ0) is 10.3. The molecule has 3 nitrogen and oxygen atoms in total. The van der Waals surface area contributed by atoms with Gasteiger partial charge in [0.25, 0.3) is 0 Å². The molecular weight excluding hydrogens is 166 g/mol. The normalized spacial score (nSPS) is 13.0. The SMILES string of the molecule is CCC[C@@H](CNC(=O)C(C)C)OC. The molecule has 3 heteroatoms. The van der Waals surface area contributed by atoms with Crippen LogP contribution in [0.5, 0.6) is 0 Å². The van der Waals surface area contributed by atoms with Gasteiger partial charge in [0, 0.05) is 19.6 Å². The summed E-state index contributed by atoms with van der Waals surface area (Å²) in [5, 5.41) is 2.85. The highest BCUT2D eigenvalue weighted by Gasteiger charge is 2.10. The average Bonchev–Trinajstić information content (AvgIpc) is 2.11. The molecule has 0 heterocycles. The second kappa shape index (κ2) is 6.89. The fraction of sp³-hybridized carbons (Fsp3) is 0.900. The third kappa shape index (κ3) is 5.64. The summed E-state index contributed by atoms with van der Waals surface area (Å²) in [5.74, 6) is 0.150. The molecule has 0 saturated heterocycles. The molecule has 0 aromatic rings. The Morgan fingerprint density at radius 1 is 1.46 bits per heavy atom. The van der Waals surface area contributed by atoms with E-state index in [0.717, 1.165) is 12.8 Å². The van der Waals surface area contributed by atoms with Crippen molar-refractivity contribution in [1.29, 1.82) is 0 Å². The summed E-state index contributed by atoms with van der Waals surface area (Å²) in [6.45, 7) is 6.51. The van der Waals surface area contributed by atoms with Gasteiger partial charge in [-0.1, -0.05) is 27.2 Å². The largest absolute Gasteiger partial charge is 0.380 e. The first kappa shape index (κ1) is 12.4. The minimum atomic E-state index is 0.0548. The van der Waals surface area contributed by atoms with Crippen LogP contribution in [-0.4, -0.2) is 25.7 Å². The first-order valence-corrected chi connectivity index (χ1v) is 4.92. The number of carbonyl (C=O) groups excluding carboxylic acids is 1. The van der Waals surface area contributed by atoms with Crippen LogP contribution in [0.2, 0.25) is 0 Å². The van der Waals surface area contributed by atoms with Crippen molar-refractivity contribution in [3.63, 3.8) is 0 Å². The minimum absolute atomic E-state index is 0.0548. The van der Waals surface area contributed by atoms with Gasteiger partial charge in [-0.15, -0.1) is 0 Å². The van der Waals surface area contributed by atoms with Crippen LogP contribution in [0.15, 0.2) is 0 Å². The number of hydrogen-bond donors (Lipinski definition) is 1. The average molecular weight is 187 g/mol. The highest BCUT2D eigenvalue weighted by molar-refractivity contribution is 5.77. The molecule has 0 bridgehead atoms. The Morgan fingerprint density at radius 2 is 2.08 bits per heavy atom. The molecule has 0 aliphatic carbocycles. The van der Waals surface area contributed by atoms with Crippen molar-refractivity contribution >= 4 is 5.91 Å². The molecule has 13 heavy (non-hydrogen) atoms. The van der Waals surface area contributed by atoms with Crippen LogP contribution in [0.25, 0.3) is 0 Å². The number of amides is 1. The van der Waals surface area contributed by atoms with E-state index in [1.165, 1.54) is 0 Å². The van der Waals surface area contributed by atoms with Gasteiger partial charge >= 0.3 is 0 Å². The fourth-order valence-electron chi connectivity index (χ4n) is 1.04. The molecule has 0 aromatic carbocycles. The number of methoxy groups -OCH3 is 1. The van der Waals surface area contributed by atoms with Crippen molar-refractivity contribution < 1.29 is 9.53 Å². The van der Waals surface area contributed by atoms with Crippen molar-refractivity contribution in [2.24, 2.45) is 5.92 Å². The van der Waals surface area contributed by atoms with E-state index in [1.807, 2.05) is 13.8 Å². The van der Waals surface area contributed by atoms with Crippen LogP contribution in [0.3, 0.4) is 0 Å². The minimum Gasteiger partial charge on any atom is -0.380 e. The number of rotatable bonds is 6. The first-order chi connectivity index (χ1) is 6.11. The Bertz CT molecular complexity index is 146. The summed E-state index contributed by atoms with van der Waals surface area (Å²) < 4.78 is 5.21. The predicted octanol–water partition coefficient (Wildman–Crippen LogP) is 1.57. The second-order valence-corrected chi connectivity index (χ2v) is 3.55. The van der Waals surface area contributed by atoms with Crippen molar-refractivity contribution in [1.82, 2.24) is 5.32 Å². The zero-order valence-electron chi connectivity index (χ0n) is 9.09. The lowest BCUT2D eigenvalue weighted by atomic mass is 10.2. The molecule has 0 aliphatic heterocycles. The number of carbonyl (C=O) groups is 1. The van der Waals surface area contributed by atoms with Gasteiger partial charge in [-0.05, 0) is 6.42 Å². The van der Waals surface area contributed by atoms with Gasteiger partial charge in [0.05, 0.1) is 6.10 Å².